The molecule has 1 aromatic rings. The highest BCUT2D eigenvalue weighted by Gasteiger charge is 2.21. The first-order valence-electron chi connectivity index (χ1n) is 5.89. The molecule has 17 heavy (non-hydrogen) atoms. The Morgan fingerprint density at radius 3 is 2.47 bits per heavy atom. The van der Waals surface area contributed by atoms with Gasteiger partial charge < -0.3 is 10.0 Å². The molecule has 1 unspecified atom stereocenters. The largest absolute Gasteiger partial charge is 0.506 e. The van der Waals surface area contributed by atoms with E-state index in [0.717, 1.165) is 31.9 Å². The fourth-order valence-corrected chi connectivity index (χ4v) is 2.16. The summed E-state index contributed by atoms with van der Waals surface area (Å²) in [6.07, 6.45) is 0. The van der Waals surface area contributed by atoms with Gasteiger partial charge in [-0.15, -0.1) is 0 Å². The fourth-order valence-electron chi connectivity index (χ4n) is 2.16. The maximum Gasteiger partial charge on any atom is 0.138 e. The second-order valence-electron chi connectivity index (χ2n) is 4.32. The average molecular weight is 231 g/mol. The lowest BCUT2D eigenvalue weighted by Crippen LogP contribution is -2.49. The normalized spacial score (nSPS) is 18.7. The Morgan fingerprint density at radius 2 is 1.88 bits per heavy atom. The molecule has 1 aromatic carbocycles. The zero-order valence-electron chi connectivity index (χ0n) is 10.0. The van der Waals surface area contributed by atoms with Crippen LogP contribution in [-0.2, 0) is 0 Å². The van der Waals surface area contributed by atoms with Crippen molar-refractivity contribution in [3.8, 4) is 11.8 Å². The molecular formula is C13H17N3O. The van der Waals surface area contributed by atoms with E-state index in [9.17, 15) is 5.11 Å². The van der Waals surface area contributed by atoms with Crippen molar-refractivity contribution < 1.29 is 5.11 Å². The van der Waals surface area contributed by atoms with E-state index in [-0.39, 0.29) is 6.04 Å². The van der Waals surface area contributed by atoms with Crippen molar-refractivity contribution in [2.75, 3.05) is 31.1 Å². The summed E-state index contributed by atoms with van der Waals surface area (Å²) in [5, 5.41) is 18.6. The molecule has 4 heteroatoms. The molecule has 1 saturated heterocycles. The molecule has 1 aliphatic rings. The van der Waals surface area contributed by atoms with Gasteiger partial charge in [0.2, 0.25) is 0 Å². The number of nitrogens with zero attached hydrogens (tertiary/aromatic N) is 3. The summed E-state index contributed by atoms with van der Waals surface area (Å²) in [7, 11) is 0. The summed E-state index contributed by atoms with van der Waals surface area (Å²) in [4.78, 5) is 4.33. The minimum atomic E-state index is -0.0264. The Kier molecular flexibility index (Phi) is 3.50. The maximum absolute atomic E-state index is 9.78. The van der Waals surface area contributed by atoms with Gasteiger partial charge in [0.25, 0.3) is 0 Å². The first kappa shape index (κ1) is 11.7. The molecular weight excluding hydrogens is 214 g/mol. The Balaban J connectivity index is 2.01. The van der Waals surface area contributed by atoms with E-state index in [0.29, 0.717) is 5.75 Å². The number of benzene rings is 1. The Labute approximate surface area is 102 Å². The summed E-state index contributed by atoms with van der Waals surface area (Å²) in [5.74, 6) is 0.328. The van der Waals surface area contributed by atoms with Gasteiger partial charge in [-0.25, -0.2) is 0 Å². The number of nitriles is 1. The van der Waals surface area contributed by atoms with Gasteiger partial charge in [-0.3, -0.25) is 4.90 Å². The number of piperazine rings is 1. The standard InChI is InChI=1S/C13H17N3O/c1-11(10-14)15-6-8-16(9-7-15)12-4-2-3-5-13(12)17/h2-5,11,17H,6-9H2,1H3. The third-order valence-electron chi connectivity index (χ3n) is 3.27. The third kappa shape index (κ3) is 2.51. The van der Waals surface area contributed by atoms with Crippen LogP contribution in [0.4, 0.5) is 5.69 Å². The topological polar surface area (TPSA) is 50.5 Å². The zero-order valence-corrected chi connectivity index (χ0v) is 10.0. The lowest BCUT2D eigenvalue weighted by Gasteiger charge is -2.37. The van der Waals surface area contributed by atoms with E-state index in [2.05, 4.69) is 15.9 Å². The molecule has 1 N–H and O–H groups in total. The number of phenolic OH excluding ortho intramolecular Hbond substituents is 1. The zero-order chi connectivity index (χ0) is 12.3. The average Bonchev–Trinajstić information content (AvgIpc) is 2.39. The molecule has 0 saturated carbocycles. The van der Waals surface area contributed by atoms with E-state index in [4.69, 9.17) is 5.26 Å². The van der Waals surface area contributed by atoms with Crippen molar-refractivity contribution in [3.05, 3.63) is 24.3 Å². The summed E-state index contributed by atoms with van der Waals surface area (Å²) < 4.78 is 0. The highest BCUT2D eigenvalue weighted by molar-refractivity contribution is 5.57. The molecule has 0 amide bonds. The van der Waals surface area contributed by atoms with Gasteiger partial charge in [0.05, 0.1) is 17.8 Å². The molecule has 0 bridgehead atoms. The highest BCUT2D eigenvalue weighted by atomic mass is 16.3. The van der Waals surface area contributed by atoms with Gasteiger partial charge in [0.15, 0.2) is 0 Å². The SMILES string of the molecule is CC(C#N)N1CCN(c2ccccc2O)CC1. The van der Waals surface area contributed by atoms with Crippen molar-refractivity contribution >= 4 is 5.69 Å². The van der Waals surface area contributed by atoms with Gasteiger partial charge in [0, 0.05) is 26.2 Å². The van der Waals surface area contributed by atoms with Crippen LogP contribution in [-0.4, -0.2) is 42.2 Å². The van der Waals surface area contributed by atoms with Crippen LogP contribution in [0, 0.1) is 11.3 Å². The van der Waals surface area contributed by atoms with Crippen LogP contribution < -0.4 is 4.90 Å². The fraction of sp³-hybridized carbons (Fsp3) is 0.462. The molecule has 2 rings (SSSR count). The lowest BCUT2D eigenvalue weighted by molar-refractivity contribution is 0.231. The van der Waals surface area contributed by atoms with Crippen molar-refractivity contribution in [1.29, 1.82) is 5.26 Å². The minimum Gasteiger partial charge on any atom is -0.506 e. The van der Waals surface area contributed by atoms with Crippen LogP contribution in [0.15, 0.2) is 24.3 Å². The Hall–Kier alpha value is -1.73. The first-order valence-corrected chi connectivity index (χ1v) is 5.89. The lowest BCUT2D eigenvalue weighted by atomic mass is 10.2. The van der Waals surface area contributed by atoms with E-state index < -0.39 is 0 Å². The predicted molar refractivity (Wildman–Crippen MR) is 67.0 cm³/mol. The molecule has 1 aliphatic heterocycles. The maximum atomic E-state index is 9.78. The van der Waals surface area contributed by atoms with Crippen LogP contribution in [0.2, 0.25) is 0 Å². The van der Waals surface area contributed by atoms with Crippen molar-refractivity contribution in [2.45, 2.75) is 13.0 Å². The Bertz CT molecular complexity index is 419. The van der Waals surface area contributed by atoms with Crippen molar-refractivity contribution in [1.82, 2.24) is 4.90 Å². The summed E-state index contributed by atoms with van der Waals surface area (Å²) in [5.41, 5.74) is 0.886. The van der Waals surface area contributed by atoms with Crippen molar-refractivity contribution in [3.63, 3.8) is 0 Å². The first-order chi connectivity index (χ1) is 8.22. The number of anilines is 1. The molecule has 1 fully saturated rings. The number of hydrogen-bond acceptors (Lipinski definition) is 4. The van der Waals surface area contributed by atoms with E-state index >= 15 is 0 Å². The molecule has 0 radical (unpaired) electrons. The molecule has 0 aliphatic carbocycles. The van der Waals surface area contributed by atoms with Gasteiger partial charge in [-0.05, 0) is 19.1 Å². The number of hydrogen-bond donors (Lipinski definition) is 1. The van der Waals surface area contributed by atoms with E-state index in [1.54, 1.807) is 6.07 Å². The number of aromatic hydroxyl groups is 1. The monoisotopic (exact) mass is 231 g/mol. The number of rotatable bonds is 2. The molecule has 0 aromatic heterocycles. The summed E-state index contributed by atoms with van der Waals surface area (Å²) in [6, 6.07) is 9.63. The molecule has 90 valence electrons. The summed E-state index contributed by atoms with van der Waals surface area (Å²) in [6.45, 7) is 5.36. The van der Waals surface area contributed by atoms with Gasteiger partial charge in [-0.1, -0.05) is 12.1 Å². The second kappa shape index (κ2) is 5.07. The summed E-state index contributed by atoms with van der Waals surface area (Å²) >= 11 is 0. The van der Waals surface area contributed by atoms with Crippen LogP contribution in [0.25, 0.3) is 0 Å². The van der Waals surface area contributed by atoms with Crippen LogP contribution in [0.5, 0.6) is 5.75 Å². The Morgan fingerprint density at radius 1 is 1.24 bits per heavy atom. The number of para-hydroxylation sites is 2. The van der Waals surface area contributed by atoms with Gasteiger partial charge in [0.1, 0.15) is 5.75 Å². The number of phenols is 1. The van der Waals surface area contributed by atoms with Gasteiger partial charge >= 0.3 is 0 Å². The molecule has 0 spiro atoms. The molecule has 1 atom stereocenters. The van der Waals surface area contributed by atoms with Crippen LogP contribution >= 0.6 is 0 Å². The second-order valence-corrected chi connectivity index (χ2v) is 4.32. The molecule has 1 heterocycles. The van der Waals surface area contributed by atoms with E-state index in [1.807, 2.05) is 25.1 Å². The van der Waals surface area contributed by atoms with Crippen molar-refractivity contribution in [2.24, 2.45) is 0 Å². The highest BCUT2D eigenvalue weighted by Crippen LogP contribution is 2.27. The third-order valence-corrected chi connectivity index (χ3v) is 3.27. The quantitative estimate of drug-likeness (QED) is 0.836. The molecule has 4 nitrogen and oxygen atoms in total. The van der Waals surface area contributed by atoms with Crippen LogP contribution in [0.1, 0.15) is 6.92 Å². The predicted octanol–water partition coefficient (Wildman–Crippen LogP) is 1.43. The smallest absolute Gasteiger partial charge is 0.138 e. The van der Waals surface area contributed by atoms with Crippen LogP contribution in [0.3, 0.4) is 0 Å². The minimum absolute atomic E-state index is 0.0264. The van der Waals surface area contributed by atoms with Gasteiger partial charge in [-0.2, -0.15) is 5.26 Å². The van der Waals surface area contributed by atoms with E-state index in [1.165, 1.54) is 0 Å².